The number of unbranched alkanes of at least 4 members (excludes halogenated alkanes) is 30. The lowest BCUT2D eigenvalue weighted by Gasteiger charge is -2.24. The molecule has 0 aliphatic carbocycles. The summed E-state index contributed by atoms with van der Waals surface area (Å²) in [6, 6.07) is -0.706. The molecule has 374 valence electrons. The Bertz CT molecular complexity index is 1100. The number of nitrogens with one attached hydrogen (secondary N) is 1. The smallest absolute Gasteiger partial charge is 0.306 e. The van der Waals surface area contributed by atoms with Crippen molar-refractivity contribution in [2.75, 3.05) is 6.61 Å². The Kier molecular flexibility index (Phi) is 50.0. The van der Waals surface area contributed by atoms with Gasteiger partial charge in [-0.25, -0.2) is 0 Å². The molecular formula is C58H107NO5. The molecule has 0 aromatic rings. The van der Waals surface area contributed by atoms with E-state index in [1.807, 2.05) is 0 Å². The Balaban J connectivity index is 4.59. The van der Waals surface area contributed by atoms with E-state index in [1.165, 1.54) is 161 Å². The first-order valence-corrected chi connectivity index (χ1v) is 27.9. The molecule has 0 radical (unpaired) electrons. The van der Waals surface area contributed by atoms with Crippen LogP contribution in [0.2, 0.25) is 0 Å². The standard InChI is InChI=1S/C58H107NO5/c1-4-7-10-13-16-19-22-24-26-28-29-30-32-34-36-39-42-45-48-51-58(63)64-54(49-46-43-40-37-35-33-31-27-25-23-20-17-14-11-8-5-2)52-57(62)59-55(53-60)56(61)50-47-44-41-38-21-18-15-12-9-6-3/h16,19,24,26,29-30,34,36,54-56,60-61H,4-15,17-18,20-23,25,27-28,31-33,35,37-53H2,1-3H3,(H,59,62)/b19-16-,26-24-,30-29-,36-34-. The zero-order valence-electron chi connectivity index (χ0n) is 42.7. The van der Waals surface area contributed by atoms with Gasteiger partial charge >= 0.3 is 5.97 Å². The van der Waals surface area contributed by atoms with E-state index in [4.69, 9.17) is 4.74 Å². The van der Waals surface area contributed by atoms with Crippen molar-refractivity contribution in [2.24, 2.45) is 0 Å². The van der Waals surface area contributed by atoms with Crippen LogP contribution in [0.15, 0.2) is 48.6 Å². The number of hydrogen-bond donors (Lipinski definition) is 3. The lowest BCUT2D eigenvalue weighted by atomic mass is 10.0. The third-order valence-corrected chi connectivity index (χ3v) is 12.7. The zero-order valence-corrected chi connectivity index (χ0v) is 42.7. The summed E-state index contributed by atoms with van der Waals surface area (Å²) in [4.78, 5) is 26.2. The van der Waals surface area contributed by atoms with Crippen molar-refractivity contribution in [1.29, 1.82) is 0 Å². The van der Waals surface area contributed by atoms with Gasteiger partial charge in [0.05, 0.1) is 25.2 Å². The van der Waals surface area contributed by atoms with Gasteiger partial charge in [0.1, 0.15) is 6.10 Å². The van der Waals surface area contributed by atoms with Gasteiger partial charge in [-0.1, -0.05) is 249 Å². The van der Waals surface area contributed by atoms with Gasteiger partial charge in [-0.05, 0) is 70.6 Å². The Morgan fingerprint density at radius 2 is 0.797 bits per heavy atom. The second-order valence-electron chi connectivity index (χ2n) is 19.0. The van der Waals surface area contributed by atoms with Crippen LogP contribution in [0.1, 0.15) is 284 Å². The molecule has 64 heavy (non-hydrogen) atoms. The topological polar surface area (TPSA) is 95.9 Å². The molecule has 1 amide bonds. The van der Waals surface area contributed by atoms with Crippen molar-refractivity contribution >= 4 is 11.9 Å². The highest BCUT2D eigenvalue weighted by molar-refractivity contribution is 5.77. The molecule has 3 atom stereocenters. The summed E-state index contributed by atoms with van der Waals surface area (Å²) >= 11 is 0. The van der Waals surface area contributed by atoms with E-state index in [9.17, 15) is 19.8 Å². The zero-order chi connectivity index (χ0) is 46.7. The third kappa shape index (κ3) is 46.4. The molecule has 0 bridgehead atoms. The lowest BCUT2D eigenvalue weighted by molar-refractivity contribution is -0.151. The minimum atomic E-state index is -0.791. The van der Waals surface area contributed by atoms with Gasteiger partial charge in [0.15, 0.2) is 0 Å². The summed E-state index contributed by atoms with van der Waals surface area (Å²) < 4.78 is 5.94. The summed E-state index contributed by atoms with van der Waals surface area (Å²) in [5.41, 5.74) is 0. The molecule has 6 heteroatoms. The minimum Gasteiger partial charge on any atom is -0.462 e. The number of amides is 1. The fourth-order valence-electron chi connectivity index (χ4n) is 8.41. The molecule has 0 saturated heterocycles. The van der Waals surface area contributed by atoms with Crippen LogP contribution in [-0.4, -0.2) is 46.9 Å². The number of ether oxygens (including phenoxy) is 1. The average molecular weight is 898 g/mol. The second-order valence-corrected chi connectivity index (χ2v) is 19.0. The molecule has 0 fully saturated rings. The van der Waals surface area contributed by atoms with Crippen LogP contribution in [0.4, 0.5) is 0 Å². The molecule has 3 N–H and O–H groups in total. The first-order valence-electron chi connectivity index (χ1n) is 27.9. The highest BCUT2D eigenvalue weighted by atomic mass is 16.5. The number of rotatable bonds is 50. The third-order valence-electron chi connectivity index (χ3n) is 12.7. The molecule has 0 aromatic carbocycles. The molecule has 0 aromatic heterocycles. The maximum atomic E-state index is 13.2. The van der Waals surface area contributed by atoms with Gasteiger partial charge in [-0.2, -0.15) is 0 Å². The molecule has 0 saturated carbocycles. The Morgan fingerprint density at radius 1 is 0.453 bits per heavy atom. The SMILES string of the molecule is CCCCC/C=C\C/C=C\C/C=C\C/C=C\CCCCCC(=O)OC(CCCCCCCCCCCCCCCCCC)CC(=O)NC(CO)C(O)CCCCCCCCCCCC. The van der Waals surface area contributed by atoms with E-state index in [0.717, 1.165) is 77.0 Å². The molecule has 0 heterocycles. The van der Waals surface area contributed by atoms with Crippen LogP contribution in [0.5, 0.6) is 0 Å². The first kappa shape index (κ1) is 61.8. The van der Waals surface area contributed by atoms with Crippen molar-refractivity contribution in [2.45, 2.75) is 302 Å². The highest BCUT2D eigenvalue weighted by Gasteiger charge is 2.24. The van der Waals surface area contributed by atoms with Crippen LogP contribution in [0, 0.1) is 0 Å². The van der Waals surface area contributed by atoms with Gasteiger partial charge in [-0.15, -0.1) is 0 Å². The first-order chi connectivity index (χ1) is 31.5. The Morgan fingerprint density at radius 3 is 1.22 bits per heavy atom. The molecule has 0 aliphatic heterocycles. The summed E-state index contributed by atoms with van der Waals surface area (Å²) in [5, 5.41) is 23.8. The number of aliphatic hydroxyl groups is 2. The maximum absolute atomic E-state index is 13.2. The Labute approximate surface area is 397 Å². The minimum absolute atomic E-state index is 0.0675. The fraction of sp³-hybridized carbons (Fsp3) is 0.828. The van der Waals surface area contributed by atoms with E-state index < -0.39 is 18.2 Å². The maximum Gasteiger partial charge on any atom is 0.306 e. The average Bonchev–Trinajstić information content (AvgIpc) is 3.29. The summed E-state index contributed by atoms with van der Waals surface area (Å²) in [7, 11) is 0. The van der Waals surface area contributed by atoms with Crippen molar-refractivity contribution in [3.63, 3.8) is 0 Å². The van der Waals surface area contributed by atoms with Crippen LogP contribution < -0.4 is 5.32 Å². The van der Waals surface area contributed by atoms with Crippen LogP contribution >= 0.6 is 0 Å². The monoisotopic (exact) mass is 898 g/mol. The lowest BCUT2D eigenvalue weighted by Crippen LogP contribution is -2.46. The van der Waals surface area contributed by atoms with Crippen molar-refractivity contribution in [3.8, 4) is 0 Å². The molecule has 6 nitrogen and oxygen atoms in total. The van der Waals surface area contributed by atoms with Gasteiger partial charge < -0.3 is 20.3 Å². The van der Waals surface area contributed by atoms with E-state index in [0.29, 0.717) is 19.3 Å². The van der Waals surface area contributed by atoms with Crippen molar-refractivity contribution < 1.29 is 24.5 Å². The van der Waals surface area contributed by atoms with Gasteiger partial charge in [-0.3, -0.25) is 9.59 Å². The number of aliphatic hydroxyl groups excluding tert-OH is 2. The highest BCUT2D eigenvalue weighted by Crippen LogP contribution is 2.18. The predicted molar refractivity (Wildman–Crippen MR) is 278 cm³/mol. The van der Waals surface area contributed by atoms with Gasteiger partial charge in [0, 0.05) is 6.42 Å². The number of hydrogen-bond acceptors (Lipinski definition) is 5. The molecule has 0 aliphatic rings. The number of allylic oxidation sites excluding steroid dienone is 8. The van der Waals surface area contributed by atoms with Crippen LogP contribution in [0.3, 0.4) is 0 Å². The Hall–Kier alpha value is -2.18. The summed E-state index contributed by atoms with van der Waals surface area (Å²) in [6.07, 6.45) is 63.2. The van der Waals surface area contributed by atoms with Gasteiger partial charge in [0.25, 0.3) is 0 Å². The van der Waals surface area contributed by atoms with E-state index >= 15 is 0 Å². The molecular weight excluding hydrogens is 791 g/mol. The summed E-state index contributed by atoms with van der Waals surface area (Å²) in [5.74, 6) is -0.499. The van der Waals surface area contributed by atoms with Crippen LogP contribution in [-0.2, 0) is 14.3 Å². The molecule has 3 unspecified atom stereocenters. The van der Waals surface area contributed by atoms with Crippen molar-refractivity contribution in [1.82, 2.24) is 5.32 Å². The number of carbonyl (C=O) groups excluding carboxylic acids is 2. The fourth-order valence-corrected chi connectivity index (χ4v) is 8.41. The van der Waals surface area contributed by atoms with E-state index in [-0.39, 0.29) is 24.9 Å². The van der Waals surface area contributed by atoms with Gasteiger partial charge in [0.2, 0.25) is 5.91 Å². The molecule has 0 spiro atoms. The number of esters is 1. The number of carbonyl (C=O) groups is 2. The quantitative estimate of drug-likeness (QED) is 0.0321. The summed E-state index contributed by atoms with van der Waals surface area (Å²) in [6.45, 7) is 6.46. The largest absolute Gasteiger partial charge is 0.462 e. The van der Waals surface area contributed by atoms with Crippen molar-refractivity contribution in [3.05, 3.63) is 48.6 Å². The van der Waals surface area contributed by atoms with Crippen LogP contribution in [0.25, 0.3) is 0 Å². The second kappa shape index (κ2) is 51.8. The molecule has 0 rings (SSSR count). The van der Waals surface area contributed by atoms with E-state index in [2.05, 4.69) is 74.7 Å². The van der Waals surface area contributed by atoms with E-state index in [1.54, 1.807) is 0 Å². The normalized spacial score (nSPS) is 13.5. The predicted octanol–water partition coefficient (Wildman–Crippen LogP) is 17.0.